The van der Waals surface area contributed by atoms with Crippen molar-refractivity contribution in [3.63, 3.8) is 0 Å². The molecule has 1 aromatic carbocycles. The Hall–Kier alpha value is -1.81. The molecule has 4 heteroatoms. The molecular formula is C16H19N3O. The fourth-order valence-corrected chi connectivity index (χ4v) is 3.57. The third-order valence-electron chi connectivity index (χ3n) is 4.65. The Morgan fingerprint density at radius 2 is 2.15 bits per heavy atom. The zero-order valence-electron chi connectivity index (χ0n) is 11.4. The van der Waals surface area contributed by atoms with Gasteiger partial charge >= 0.3 is 0 Å². The van der Waals surface area contributed by atoms with Crippen LogP contribution in [0.2, 0.25) is 0 Å². The Bertz CT molecular complexity index is 601. The highest BCUT2D eigenvalue weighted by Crippen LogP contribution is 2.26. The number of likely N-dealkylation sites (tertiary alicyclic amines) is 1. The number of aromatic nitrogens is 1. The maximum Gasteiger partial charge on any atom is 0.270 e. The first-order valence-corrected chi connectivity index (χ1v) is 7.42. The minimum atomic E-state index is 0.136. The molecule has 4 nitrogen and oxygen atoms in total. The standard InChI is InChI=1S/C16H19N3O/c20-16(14-8-11-4-1-2-6-13(11)18-14)19-9-12-5-3-7-17-15(12)10-19/h1-2,4,6,8,12,15,17-18H,3,5,7,9-10H2/t12?,15-/m1/s1. The number of carbonyl (C=O) groups excluding carboxylic acids is 1. The average Bonchev–Trinajstić information content (AvgIpc) is 3.10. The average molecular weight is 269 g/mol. The SMILES string of the molecule is O=C(c1cc2ccccc2[nH]1)N1CC2CCCN[C@@H]2C1. The van der Waals surface area contributed by atoms with Crippen LogP contribution >= 0.6 is 0 Å². The molecule has 104 valence electrons. The fraction of sp³-hybridized carbons (Fsp3) is 0.438. The minimum absolute atomic E-state index is 0.136. The van der Waals surface area contributed by atoms with Crippen LogP contribution in [0.1, 0.15) is 23.3 Å². The van der Waals surface area contributed by atoms with Gasteiger partial charge < -0.3 is 15.2 Å². The van der Waals surface area contributed by atoms with E-state index in [0.717, 1.165) is 30.5 Å². The van der Waals surface area contributed by atoms with Crippen molar-refractivity contribution in [3.8, 4) is 0 Å². The highest BCUT2D eigenvalue weighted by Gasteiger charge is 2.36. The van der Waals surface area contributed by atoms with E-state index < -0.39 is 0 Å². The normalized spacial score (nSPS) is 25.9. The van der Waals surface area contributed by atoms with Crippen molar-refractivity contribution in [2.45, 2.75) is 18.9 Å². The van der Waals surface area contributed by atoms with Crippen molar-refractivity contribution in [3.05, 3.63) is 36.0 Å². The van der Waals surface area contributed by atoms with Crippen molar-refractivity contribution >= 4 is 16.8 Å². The maximum atomic E-state index is 12.6. The molecule has 0 saturated carbocycles. The lowest BCUT2D eigenvalue weighted by atomic mass is 9.94. The van der Waals surface area contributed by atoms with Gasteiger partial charge in [-0.2, -0.15) is 0 Å². The Kier molecular flexibility index (Phi) is 2.77. The molecule has 2 N–H and O–H groups in total. The lowest BCUT2D eigenvalue weighted by Crippen LogP contribution is -2.41. The van der Waals surface area contributed by atoms with Crippen LogP contribution in [-0.4, -0.2) is 41.5 Å². The first-order chi connectivity index (χ1) is 9.81. The van der Waals surface area contributed by atoms with E-state index in [4.69, 9.17) is 0 Å². The van der Waals surface area contributed by atoms with E-state index in [1.54, 1.807) is 0 Å². The van der Waals surface area contributed by atoms with Crippen LogP contribution in [0.25, 0.3) is 10.9 Å². The highest BCUT2D eigenvalue weighted by atomic mass is 16.2. The Balaban J connectivity index is 1.58. The lowest BCUT2D eigenvalue weighted by Gasteiger charge is -2.24. The Morgan fingerprint density at radius 1 is 1.25 bits per heavy atom. The predicted octanol–water partition coefficient (Wildman–Crippen LogP) is 1.99. The number of carbonyl (C=O) groups is 1. The number of benzene rings is 1. The number of nitrogens with one attached hydrogen (secondary N) is 2. The van der Waals surface area contributed by atoms with E-state index in [0.29, 0.717) is 17.7 Å². The third kappa shape index (κ3) is 1.91. The van der Waals surface area contributed by atoms with Gasteiger partial charge in [0.15, 0.2) is 0 Å². The number of rotatable bonds is 1. The summed E-state index contributed by atoms with van der Waals surface area (Å²) in [5.41, 5.74) is 1.75. The van der Waals surface area contributed by atoms with Gasteiger partial charge in [0, 0.05) is 30.0 Å². The van der Waals surface area contributed by atoms with Gasteiger partial charge in [-0.15, -0.1) is 0 Å². The molecule has 2 aromatic rings. The number of piperidine rings is 1. The summed E-state index contributed by atoms with van der Waals surface area (Å²) in [6.45, 7) is 2.83. The molecule has 2 saturated heterocycles. The first kappa shape index (κ1) is 12.0. The van der Waals surface area contributed by atoms with E-state index in [9.17, 15) is 4.79 Å². The fourth-order valence-electron chi connectivity index (χ4n) is 3.57. The van der Waals surface area contributed by atoms with E-state index >= 15 is 0 Å². The van der Waals surface area contributed by atoms with Gasteiger partial charge in [-0.25, -0.2) is 0 Å². The molecule has 0 aliphatic carbocycles. The molecule has 2 aliphatic heterocycles. The first-order valence-electron chi connectivity index (χ1n) is 7.42. The number of fused-ring (bicyclic) bond motifs is 2. The maximum absolute atomic E-state index is 12.6. The van der Waals surface area contributed by atoms with E-state index in [-0.39, 0.29) is 5.91 Å². The van der Waals surface area contributed by atoms with Gasteiger partial charge in [0.1, 0.15) is 5.69 Å². The number of H-pyrrole nitrogens is 1. The second kappa shape index (κ2) is 4.63. The van der Waals surface area contributed by atoms with Crippen molar-refractivity contribution in [1.82, 2.24) is 15.2 Å². The van der Waals surface area contributed by atoms with E-state index in [2.05, 4.69) is 10.3 Å². The zero-order chi connectivity index (χ0) is 13.5. The highest BCUT2D eigenvalue weighted by molar-refractivity contribution is 5.98. The van der Waals surface area contributed by atoms with Crippen molar-refractivity contribution in [2.24, 2.45) is 5.92 Å². The molecule has 3 heterocycles. The summed E-state index contributed by atoms with van der Waals surface area (Å²) in [7, 11) is 0. The summed E-state index contributed by atoms with van der Waals surface area (Å²) >= 11 is 0. The molecule has 1 unspecified atom stereocenters. The second-order valence-corrected chi connectivity index (χ2v) is 5.94. The van der Waals surface area contributed by atoms with Crippen LogP contribution in [0.5, 0.6) is 0 Å². The number of para-hydroxylation sites is 1. The monoisotopic (exact) mass is 269 g/mol. The molecule has 0 spiro atoms. The molecule has 1 amide bonds. The molecule has 2 aliphatic rings. The third-order valence-corrected chi connectivity index (χ3v) is 4.65. The lowest BCUT2D eigenvalue weighted by molar-refractivity contribution is 0.0781. The van der Waals surface area contributed by atoms with E-state index in [1.165, 1.54) is 12.8 Å². The van der Waals surface area contributed by atoms with Crippen molar-refractivity contribution < 1.29 is 4.79 Å². The van der Waals surface area contributed by atoms with Crippen LogP contribution in [0.4, 0.5) is 0 Å². The summed E-state index contributed by atoms with van der Waals surface area (Å²) in [6.07, 6.45) is 2.48. The van der Waals surface area contributed by atoms with Gasteiger partial charge in [-0.05, 0) is 37.4 Å². The zero-order valence-corrected chi connectivity index (χ0v) is 11.4. The Morgan fingerprint density at radius 3 is 3.00 bits per heavy atom. The van der Waals surface area contributed by atoms with Gasteiger partial charge in [0.25, 0.3) is 5.91 Å². The smallest absolute Gasteiger partial charge is 0.270 e. The summed E-state index contributed by atoms with van der Waals surface area (Å²) in [5, 5.41) is 4.64. The summed E-state index contributed by atoms with van der Waals surface area (Å²) in [5.74, 6) is 0.773. The molecule has 1 aromatic heterocycles. The molecule has 2 fully saturated rings. The molecule has 0 radical (unpaired) electrons. The minimum Gasteiger partial charge on any atom is -0.351 e. The summed E-state index contributed by atoms with van der Waals surface area (Å²) in [6, 6.07) is 10.5. The van der Waals surface area contributed by atoms with Crippen LogP contribution in [-0.2, 0) is 0 Å². The quantitative estimate of drug-likeness (QED) is 0.832. The van der Waals surface area contributed by atoms with Crippen LogP contribution in [0.3, 0.4) is 0 Å². The van der Waals surface area contributed by atoms with Crippen LogP contribution in [0.15, 0.2) is 30.3 Å². The molecular weight excluding hydrogens is 250 g/mol. The van der Waals surface area contributed by atoms with Crippen LogP contribution < -0.4 is 5.32 Å². The number of hydrogen-bond acceptors (Lipinski definition) is 2. The number of hydrogen-bond donors (Lipinski definition) is 2. The summed E-state index contributed by atoms with van der Waals surface area (Å²) < 4.78 is 0. The number of aromatic amines is 1. The van der Waals surface area contributed by atoms with Crippen molar-refractivity contribution in [2.75, 3.05) is 19.6 Å². The predicted molar refractivity (Wildman–Crippen MR) is 78.7 cm³/mol. The Labute approximate surface area is 118 Å². The second-order valence-electron chi connectivity index (χ2n) is 5.94. The van der Waals surface area contributed by atoms with E-state index in [1.807, 2.05) is 35.2 Å². The number of amides is 1. The van der Waals surface area contributed by atoms with Gasteiger partial charge in [-0.3, -0.25) is 4.79 Å². The molecule has 0 bridgehead atoms. The molecule has 20 heavy (non-hydrogen) atoms. The van der Waals surface area contributed by atoms with Crippen molar-refractivity contribution in [1.29, 1.82) is 0 Å². The molecule has 2 atom stereocenters. The van der Waals surface area contributed by atoms with Crippen LogP contribution in [0, 0.1) is 5.92 Å². The molecule has 4 rings (SSSR count). The summed E-state index contributed by atoms with van der Waals surface area (Å²) in [4.78, 5) is 17.9. The largest absolute Gasteiger partial charge is 0.351 e. The topological polar surface area (TPSA) is 48.1 Å². The number of nitrogens with zero attached hydrogens (tertiary/aromatic N) is 1. The van der Waals surface area contributed by atoms with Gasteiger partial charge in [0.05, 0.1) is 0 Å². The van der Waals surface area contributed by atoms with Gasteiger partial charge in [-0.1, -0.05) is 18.2 Å². The van der Waals surface area contributed by atoms with Gasteiger partial charge in [0.2, 0.25) is 0 Å².